The molecule has 2 N–H and O–H groups in total. The Morgan fingerprint density at radius 1 is 1.35 bits per heavy atom. The number of nitrogens with two attached hydrogens (primary N) is 1. The van der Waals surface area contributed by atoms with Gasteiger partial charge in [0.25, 0.3) is 0 Å². The first-order valence-electron chi connectivity index (χ1n) is 4.74. The van der Waals surface area contributed by atoms with Gasteiger partial charge in [0.05, 0.1) is 10.7 Å². The van der Waals surface area contributed by atoms with E-state index in [1.807, 2.05) is 0 Å². The molecule has 0 saturated heterocycles. The first kappa shape index (κ1) is 12.3. The van der Waals surface area contributed by atoms with E-state index in [9.17, 15) is 4.39 Å². The molecule has 2 rings (SSSR count). The molecule has 0 spiro atoms. The quantitative estimate of drug-likeness (QED) is 0.874. The molecule has 0 aliphatic carbocycles. The molecule has 6 heteroatoms. The summed E-state index contributed by atoms with van der Waals surface area (Å²) in [6.07, 6.45) is 0. The van der Waals surface area contributed by atoms with Crippen LogP contribution >= 0.6 is 27.5 Å². The zero-order valence-electron chi connectivity index (χ0n) is 8.84. The summed E-state index contributed by atoms with van der Waals surface area (Å²) in [6, 6.07) is 5.25. The Morgan fingerprint density at radius 2 is 2.06 bits per heavy atom. The van der Waals surface area contributed by atoms with Gasteiger partial charge >= 0.3 is 0 Å². The number of anilines is 1. The summed E-state index contributed by atoms with van der Waals surface area (Å²) in [7, 11) is 0. The lowest BCUT2D eigenvalue weighted by Crippen LogP contribution is -2.02. The topological polar surface area (TPSA) is 51.8 Å². The van der Waals surface area contributed by atoms with Gasteiger partial charge in [-0.2, -0.15) is 0 Å². The molecule has 2 aromatic rings. The van der Waals surface area contributed by atoms with Crippen molar-refractivity contribution in [3.63, 3.8) is 0 Å². The maximum Gasteiger partial charge on any atom is 0.186 e. The minimum Gasteiger partial charge on any atom is -0.381 e. The Morgan fingerprint density at radius 3 is 2.65 bits per heavy atom. The summed E-state index contributed by atoms with van der Waals surface area (Å²) in [4.78, 5) is 7.93. The number of hydrogen-bond acceptors (Lipinski definition) is 3. The van der Waals surface area contributed by atoms with Crippen molar-refractivity contribution in [1.29, 1.82) is 0 Å². The monoisotopic (exact) mass is 315 g/mol. The van der Waals surface area contributed by atoms with Crippen molar-refractivity contribution in [1.82, 2.24) is 9.97 Å². The number of nitrogens with zero attached hydrogens (tertiary/aromatic N) is 2. The van der Waals surface area contributed by atoms with Gasteiger partial charge in [-0.05, 0) is 41.1 Å². The van der Waals surface area contributed by atoms with Crippen molar-refractivity contribution in [2.45, 2.75) is 6.92 Å². The summed E-state index contributed by atoms with van der Waals surface area (Å²) in [5.41, 5.74) is 6.36. The van der Waals surface area contributed by atoms with E-state index in [0.717, 1.165) is 4.47 Å². The largest absolute Gasteiger partial charge is 0.381 e. The Balaban J connectivity index is 2.57. The normalized spacial score (nSPS) is 10.6. The number of benzene rings is 1. The van der Waals surface area contributed by atoms with Gasteiger partial charge < -0.3 is 5.73 Å². The summed E-state index contributed by atoms with van der Waals surface area (Å²) in [6.45, 7) is 1.54. The van der Waals surface area contributed by atoms with Crippen LogP contribution in [0.5, 0.6) is 0 Å². The minimum atomic E-state index is -0.586. The second-order valence-electron chi connectivity index (χ2n) is 3.46. The fourth-order valence-electron chi connectivity index (χ4n) is 1.35. The van der Waals surface area contributed by atoms with Crippen LogP contribution in [0, 0.1) is 12.7 Å². The summed E-state index contributed by atoms with van der Waals surface area (Å²) >= 11 is 9.25. The summed E-state index contributed by atoms with van der Waals surface area (Å²) in [5.74, 6) is -0.390. The number of nitrogen functional groups attached to an aromatic ring is 1. The van der Waals surface area contributed by atoms with E-state index in [1.165, 1.54) is 6.92 Å². The van der Waals surface area contributed by atoms with Crippen LogP contribution in [-0.4, -0.2) is 9.97 Å². The highest BCUT2D eigenvalue weighted by Gasteiger charge is 2.11. The smallest absolute Gasteiger partial charge is 0.186 e. The number of aromatic nitrogens is 2. The molecule has 1 aromatic heterocycles. The molecule has 0 radical (unpaired) electrons. The van der Waals surface area contributed by atoms with Crippen molar-refractivity contribution >= 4 is 33.3 Å². The first-order chi connectivity index (χ1) is 7.99. The maximum absolute atomic E-state index is 13.3. The predicted octanol–water partition coefficient (Wildman–Crippen LogP) is 3.59. The lowest BCUT2D eigenvalue weighted by molar-refractivity contribution is 0.608. The van der Waals surface area contributed by atoms with E-state index in [2.05, 4.69) is 25.9 Å². The molecule has 0 bridgehead atoms. The maximum atomic E-state index is 13.3. The highest BCUT2D eigenvalue weighted by Crippen LogP contribution is 2.28. The zero-order chi connectivity index (χ0) is 12.6. The van der Waals surface area contributed by atoms with Crippen molar-refractivity contribution in [3.05, 3.63) is 39.2 Å². The molecule has 0 fully saturated rings. The summed E-state index contributed by atoms with van der Waals surface area (Å²) < 4.78 is 14.1. The third-order valence-electron chi connectivity index (χ3n) is 2.22. The van der Waals surface area contributed by atoms with Crippen molar-refractivity contribution in [2.75, 3.05) is 5.73 Å². The minimum absolute atomic E-state index is 0.161. The van der Waals surface area contributed by atoms with Gasteiger partial charge in [-0.25, -0.2) is 14.4 Å². The lowest BCUT2D eigenvalue weighted by atomic mass is 10.2. The molecule has 88 valence electrons. The standard InChI is InChI=1S/C11H8BrClFN3/c1-5-9(14)10(15)17-11(16-5)6-2-3-7(12)8(13)4-6/h2-4H,1H3,(H2,15,16,17). The van der Waals surface area contributed by atoms with Gasteiger partial charge in [0.1, 0.15) is 0 Å². The molecule has 0 aliphatic heterocycles. The van der Waals surface area contributed by atoms with E-state index < -0.39 is 5.82 Å². The highest BCUT2D eigenvalue weighted by atomic mass is 79.9. The van der Waals surface area contributed by atoms with Crippen molar-refractivity contribution < 1.29 is 4.39 Å². The van der Waals surface area contributed by atoms with Crippen LogP contribution in [0.15, 0.2) is 22.7 Å². The van der Waals surface area contributed by atoms with Gasteiger partial charge in [0.15, 0.2) is 17.5 Å². The number of rotatable bonds is 1. The van der Waals surface area contributed by atoms with Crippen LogP contribution in [0.1, 0.15) is 5.69 Å². The second-order valence-corrected chi connectivity index (χ2v) is 4.72. The molecular weight excluding hydrogens is 308 g/mol. The number of halogens is 3. The predicted molar refractivity (Wildman–Crippen MR) is 69.3 cm³/mol. The molecule has 0 unspecified atom stereocenters. The fraction of sp³-hybridized carbons (Fsp3) is 0.0909. The molecule has 1 heterocycles. The number of hydrogen-bond donors (Lipinski definition) is 1. The van der Waals surface area contributed by atoms with E-state index in [1.54, 1.807) is 18.2 Å². The van der Waals surface area contributed by atoms with Crippen molar-refractivity contribution in [2.24, 2.45) is 0 Å². The van der Waals surface area contributed by atoms with E-state index in [4.69, 9.17) is 17.3 Å². The SMILES string of the molecule is Cc1nc(-c2ccc(Br)c(Cl)c2)nc(N)c1F. The molecule has 1 aromatic carbocycles. The van der Waals surface area contributed by atoms with Crippen LogP contribution in [0.25, 0.3) is 11.4 Å². The molecule has 0 aliphatic rings. The average molecular weight is 317 g/mol. The molecule has 0 atom stereocenters. The molecular formula is C11H8BrClFN3. The molecule has 0 amide bonds. The Bertz CT molecular complexity index is 566. The second kappa shape index (κ2) is 4.58. The highest BCUT2D eigenvalue weighted by molar-refractivity contribution is 9.10. The Labute approximate surface area is 111 Å². The first-order valence-corrected chi connectivity index (χ1v) is 5.91. The zero-order valence-corrected chi connectivity index (χ0v) is 11.2. The van der Waals surface area contributed by atoms with Gasteiger partial charge in [-0.1, -0.05) is 11.6 Å². The molecule has 17 heavy (non-hydrogen) atoms. The van der Waals surface area contributed by atoms with E-state index in [0.29, 0.717) is 16.4 Å². The molecule has 3 nitrogen and oxygen atoms in total. The van der Waals surface area contributed by atoms with Crippen LogP contribution in [-0.2, 0) is 0 Å². The van der Waals surface area contributed by atoms with Crippen molar-refractivity contribution in [3.8, 4) is 11.4 Å². The van der Waals surface area contributed by atoms with Crippen LogP contribution in [0.2, 0.25) is 5.02 Å². The Kier molecular flexibility index (Phi) is 3.31. The van der Waals surface area contributed by atoms with Gasteiger partial charge in [0.2, 0.25) is 0 Å². The molecule has 0 saturated carbocycles. The van der Waals surface area contributed by atoms with E-state index in [-0.39, 0.29) is 11.5 Å². The number of aryl methyl sites for hydroxylation is 1. The fourth-order valence-corrected chi connectivity index (χ4v) is 1.77. The van der Waals surface area contributed by atoms with Crippen LogP contribution in [0.3, 0.4) is 0 Å². The van der Waals surface area contributed by atoms with E-state index >= 15 is 0 Å². The lowest BCUT2D eigenvalue weighted by Gasteiger charge is -2.05. The van der Waals surface area contributed by atoms with Crippen LogP contribution < -0.4 is 5.73 Å². The van der Waals surface area contributed by atoms with Gasteiger partial charge in [0, 0.05) is 10.0 Å². The summed E-state index contributed by atoms with van der Waals surface area (Å²) in [5, 5.41) is 0.534. The van der Waals surface area contributed by atoms with Gasteiger partial charge in [-0.15, -0.1) is 0 Å². The Hall–Kier alpha value is -1.20. The third kappa shape index (κ3) is 2.40. The third-order valence-corrected chi connectivity index (χ3v) is 3.45. The van der Waals surface area contributed by atoms with Gasteiger partial charge in [-0.3, -0.25) is 0 Å². The average Bonchev–Trinajstić information content (AvgIpc) is 2.29. The van der Waals surface area contributed by atoms with Crippen LogP contribution in [0.4, 0.5) is 10.2 Å².